The van der Waals surface area contributed by atoms with Crippen LogP contribution in [0.1, 0.15) is 0 Å². The zero-order valence-electron chi connectivity index (χ0n) is 20.3. The molecule has 0 radical (unpaired) electrons. The summed E-state index contributed by atoms with van der Waals surface area (Å²) in [7, 11) is 0. The largest absolute Gasteiger partial charge is 0.353 e. The molecule has 0 spiro atoms. The summed E-state index contributed by atoms with van der Waals surface area (Å²) < 4.78 is 2.28. The fraction of sp³-hybridized carbons (Fsp3) is 0. The van der Waals surface area contributed by atoms with Crippen molar-refractivity contribution in [2.24, 2.45) is 0 Å². The van der Waals surface area contributed by atoms with Gasteiger partial charge in [0, 0.05) is 32.3 Å². The fourth-order valence-corrected chi connectivity index (χ4v) is 6.20. The standard InChI is InChI=1S/C34H20N4/c1-2-15-30-22(7-1)23-18-17-20-19-31(23)38(30)32-16-6-14-29(36-32)28-13-5-12-27(35-28)26-11-4-10-25-24-9-3-8-21(20)33(24)37-34(25)26/h1-19,37H. The van der Waals surface area contributed by atoms with E-state index in [1.807, 2.05) is 12.1 Å². The molecule has 0 amide bonds. The van der Waals surface area contributed by atoms with Crippen LogP contribution in [0, 0.1) is 0 Å². The van der Waals surface area contributed by atoms with Crippen LogP contribution in [0.5, 0.6) is 0 Å². The van der Waals surface area contributed by atoms with E-state index in [0.717, 1.165) is 49.7 Å². The van der Waals surface area contributed by atoms with Crippen molar-refractivity contribution in [3.05, 3.63) is 115 Å². The van der Waals surface area contributed by atoms with Crippen molar-refractivity contribution in [1.82, 2.24) is 19.4 Å². The molecule has 176 valence electrons. The van der Waals surface area contributed by atoms with E-state index in [2.05, 4.69) is 113 Å². The first-order valence-corrected chi connectivity index (χ1v) is 12.9. The van der Waals surface area contributed by atoms with Gasteiger partial charge in [-0.05, 0) is 41.8 Å². The van der Waals surface area contributed by atoms with Crippen LogP contribution < -0.4 is 0 Å². The minimum Gasteiger partial charge on any atom is -0.353 e. The molecule has 8 bridgehead atoms. The second-order valence-electron chi connectivity index (χ2n) is 9.95. The number of aromatic amines is 1. The molecule has 38 heavy (non-hydrogen) atoms. The number of rotatable bonds is 0. The Morgan fingerprint density at radius 3 is 1.97 bits per heavy atom. The first-order valence-electron chi connectivity index (χ1n) is 12.9. The first-order chi connectivity index (χ1) is 18.8. The summed E-state index contributed by atoms with van der Waals surface area (Å²) in [6.45, 7) is 0. The van der Waals surface area contributed by atoms with Crippen molar-refractivity contribution in [2.45, 2.75) is 0 Å². The molecule has 9 rings (SSSR count). The van der Waals surface area contributed by atoms with E-state index in [1.54, 1.807) is 0 Å². The van der Waals surface area contributed by atoms with Gasteiger partial charge >= 0.3 is 0 Å². The number of aromatic nitrogens is 4. The molecule has 0 aliphatic heterocycles. The monoisotopic (exact) mass is 484 g/mol. The minimum atomic E-state index is 0.853. The van der Waals surface area contributed by atoms with Gasteiger partial charge in [-0.2, -0.15) is 0 Å². The number of nitrogens with one attached hydrogen (secondary N) is 1. The molecule has 4 nitrogen and oxygen atoms in total. The van der Waals surface area contributed by atoms with E-state index in [9.17, 15) is 0 Å². The second kappa shape index (κ2) is 7.17. The maximum atomic E-state index is 5.15. The third kappa shape index (κ3) is 2.58. The molecular formula is C34H20N4. The predicted octanol–water partition coefficient (Wildman–Crippen LogP) is 8.69. The Labute approximate surface area is 216 Å². The Morgan fingerprint density at radius 2 is 1.08 bits per heavy atom. The molecular weight excluding hydrogens is 464 g/mol. The second-order valence-corrected chi connectivity index (χ2v) is 9.95. The lowest BCUT2D eigenvalue weighted by atomic mass is 10.1. The normalized spacial score (nSPS) is 12.2. The Morgan fingerprint density at radius 1 is 0.447 bits per heavy atom. The molecule has 4 aromatic carbocycles. The molecule has 4 heteroatoms. The van der Waals surface area contributed by atoms with Gasteiger partial charge in [-0.25, -0.2) is 9.97 Å². The van der Waals surface area contributed by atoms with E-state index < -0.39 is 0 Å². The summed E-state index contributed by atoms with van der Waals surface area (Å²) in [6, 6.07) is 40.8. The van der Waals surface area contributed by atoms with Crippen molar-refractivity contribution < 1.29 is 0 Å². The predicted molar refractivity (Wildman–Crippen MR) is 159 cm³/mol. The van der Waals surface area contributed by atoms with E-state index in [4.69, 9.17) is 9.97 Å². The summed E-state index contributed by atoms with van der Waals surface area (Å²) in [6.07, 6.45) is 0. The topological polar surface area (TPSA) is 46.0 Å². The highest BCUT2D eigenvalue weighted by molar-refractivity contribution is 6.21. The Hall–Kier alpha value is -5.22. The van der Waals surface area contributed by atoms with Gasteiger partial charge < -0.3 is 4.98 Å². The lowest BCUT2D eigenvalue weighted by molar-refractivity contribution is 1.26. The SMILES string of the molecule is c1cc2nc(c1)c1cccc3c4cccc(c5ccc6c7ccccc7n(c7cccc2n7)c6c5)c4[nH]c13. The minimum absolute atomic E-state index is 0.853. The van der Waals surface area contributed by atoms with Crippen LogP contribution in [0.15, 0.2) is 115 Å². The maximum Gasteiger partial charge on any atom is 0.138 e. The average molecular weight is 485 g/mol. The third-order valence-electron chi connectivity index (χ3n) is 7.90. The van der Waals surface area contributed by atoms with Crippen LogP contribution in [-0.2, 0) is 0 Å². The highest BCUT2D eigenvalue weighted by atomic mass is 15.0. The summed E-state index contributed by atoms with van der Waals surface area (Å²) in [5.41, 5.74) is 8.04. The van der Waals surface area contributed by atoms with E-state index in [0.29, 0.717) is 0 Å². The maximum absolute atomic E-state index is 5.15. The Kier molecular flexibility index (Phi) is 3.76. The quantitative estimate of drug-likeness (QED) is 0.234. The first kappa shape index (κ1) is 19.9. The van der Waals surface area contributed by atoms with Crippen LogP contribution in [0.4, 0.5) is 0 Å². The van der Waals surface area contributed by atoms with Crippen LogP contribution >= 0.6 is 0 Å². The highest BCUT2D eigenvalue weighted by Gasteiger charge is 2.13. The van der Waals surface area contributed by atoms with Crippen molar-refractivity contribution >= 4 is 82.0 Å². The number of hydrogen-bond acceptors (Lipinski definition) is 2. The molecule has 0 fully saturated rings. The number of pyridine rings is 2. The van der Waals surface area contributed by atoms with E-state index in [-0.39, 0.29) is 0 Å². The summed E-state index contributed by atoms with van der Waals surface area (Å²) in [5.74, 6) is 0. The summed E-state index contributed by atoms with van der Waals surface area (Å²) >= 11 is 0. The lowest BCUT2D eigenvalue weighted by Gasteiger charge is -2.02. The zero-order chi connectivity index (χ0) is 24.8. The van der Waals surface area contributed by atoms with Gasteiger partial charge in [0.05, 0.1) is 38.6 Å². The van der Waals surface area contributed by atoms with Gasteiger partial charge in [0.15, 0.2) is 0 Å². The molecule has 1 N–H and O–H groups in total. The van der Waals surface area contributed by atoms with Gasteiger partial charge in [0.1, 0.15) is 5.65 Å². The van der Waals surface area contributed by atoms with Crippen molar-refractivity contribution in [1.29, 1.82) is 0 Å². The van der Waals surface area contributed by atoms with Gasteiger partial charge in [0.25, 0.3) is 0 Å². The molecule has 5 aromatic heterocycles. The van der Waals surface area contributed by atoms with Crippen molar-refractivity contribution in [3.8, 4) is 0 Å². The van der Waals surface area contributed by atoms with Crippen molar-refractivity contribution in [2.75, 3.05) is 0 Å². The molecule has 0 unspecified atom stereocenters. The number of benzene rings is 4. The number of fused-ring (bicyclic) bond motifs is 13. The zero-order valence-corrected chi connectivity index (χ0v) is 20.3. The van der Waals surface area contributed by atoms with Gasteiger partial charge in [-0.3, -0.25) is 4.40 Å². The number of H-pyrrole nitrogens is 1. The lowest BCUT2D eigenvalue weighted by Crippen LogP contribution is -1.89. The number of hydrogen-bond donors (Lipinski definition) is 1. The number of nitrogens with zero attached hydrogens (tertiary/aromatic N) is 3. The summed E-state index contributed by atoms with van der Waals surface area (Å²) in [5, 5.41) is 8.30. The molecule has 0 saturated heterocycles. The van der Waals surface area contributed by atoms with Crippen LogP contribution in [0.2, 0.25) is 0 Å². The Balaban J connectivity index is 1.66. The van der Waals surface area contributed by atoms with Gasteiger partial charge in [-0.1, -0.05) is 78.9 Å². The summed E-state index contributed by atoms with van der Waals surface area (Å²) in [4.78, 5) is 14.1. The third-order valence-corrected chi connectivity index (χ3v) is 7.90. The van der Waals surface area contributed by atoms with Gasteiger partial charge in [0.2, 0.25) is 0 Å². The Bertz CT molecular complexity index is 2460. The fourth-order valence-electron chi connectivity index (χ4n) is 6.20. The molecule has 0 aliphatic rings. The number of para-hydroxylation sites is 3. The molecule has 5 heterocycles. The van der Waals surface area contributed by atoms with Crippen LogP contribution in [0.3, 0.4) is 0 Å². The highest BCUT2D eigenvalue weighted by Crippen LogP contribution is 2.35. The molecule has 9 aromatic rings. The average Bonchev–Trinajstić information content (AvgIpc) is 3.52. The van der Waals surface area contributed by atoms with Gasteiger partial charge in [-0.15, -0.1) is 0 Å². The molecule has 0 atom stereocenters. The molecule has 0 aliphatic carbocycles. The van der Waals surface area contributed by atoms with Crippen LogP contribution in [0.25, 0.3) is 82.0 Å². The van der Waals surface area contributed by atoms with Crippen LogP contribution in [-0.4, -0.2) is 19.4 Å². The molecule has 0 saturated carbocycles. The van der Waals surface area contributed by atoms with E-state index >= 15 is 0 Å². The van der Waals surface area contributed by atoms with E-state index in [1.165, 1.54) is 32.3 Å². The smallest absolute Gasteiger partial charge is 0.138 e. The van der Waals surface area contributed by atoms with Crippen molar-refractivity contribution in [3.63, 3.8) is 0 Å².